The average molecular weight is 293 g/mol. The second-order valence-corrected chi connectivity index (χ2v) is 5.73. The van der Waals surface area contributed by atoms with Crippen molar-refractivity contribution in [2.45, 2.75) is 29.7 Å². The van der Waals surface area contributed by atoms with Gasteiger partial charge >= 0.3 is 5.69 Å². The minimum atomic E-state index is -0.384. The molecule has 0 saturated heterocycles. The van der Waals surface area contributed by atoms with E-state index in [-0.39, 0.29) is 22.3 Å². The Balaban J connectivity index is 2.45. The maximum atomic E-state index is 11.3. The van der Waals surface area contributed by atoms with Crippen LogP contribution in [0.2, 0.25) is 0 Å². The van der Waals surface area contributed by atoms with Crippen LogP contribution in [-0.4, -0.2) is 19.8 Å². The molecule has 0 fully saturated rings. The second-order valence-electron chi connectivity index (χ2n) is 4.67. The summed E-state index contributed by atoms with van der Waals surface area (Å²) in [4.78, 5) is 11.7. The van der Waals surface area contributed by atoms with Gasteiger partial charge in [-0.1, -0.05) is 25.6 Å². The Labute approximate surface area is 120 Å². The number of benzene rings is 1. The van der Waals surface area contributed by atoms with E-state index < -0.39 is 0 Å². The summed E-state index contributed by atoms with van der Waals surface area (Å²) in [6.07, 6.45) is 0. The zero-order chi connectivity index (χ0) is 14.9. The predicted octanol–water partition coefficient (Wildman–Crippen LogP) is 3.31. The van der Waals surface area contributed by atoms with Gasteiger partial charge in [-0.25, -0.2) is 0 Å². The first-order valence-electron chi connectivity index (χ1n) is 6.08. The fourth-order valence-electron chi connectivity index (χ4n) is 1.82. The van der Waals surface area contributed by atoms with Crippen molar-refractivity contribution in [1.29, 1.82) is 0 Å². The van der Waals surface area contributed by atoms with E-state index in [0.717, 1.165) is 4.90 Å². The molecule has 1 N–H and O–H groups in total. The summed E-state index contributed by atoms with van der Waals surface area (Å²) in [5.41, 5.74) is 0.541. The van der Waals surface area contributed by atoms with Crippen molar-refractivity contribution in [3.63, 3.8) is 0 Å². The monoisotopic (exact) mass is 293 g/mol. The van der Waals surface area contributed by atoms with Crippen LogP contribution in [0.5, 0.6) is 5.75 Å². The van der Waals surface area contributed by atoms with Crippen LogP contribution >= 0.6 is 11.8 Å². The lowest BCUT2D eigenvalue weighted by Gasteiger charge is -2.02. The topological polar surface area (TPSA) is 81.2 Å². The molecule has 7 heteroatoms. The van der Waals surface area contributed by atoms with Crippen LogP contribution in [0.3, 0.4) is 0 Å². The lowest BCUT2D eigenvalue weighted by atomic mass is 10.1. The zero-order valence-corrected chi connectivity index (χ0v) is 12.2. The molecule has 0 bridgehead atoms. The highest BCUT2D eigenvalue weighted by atomic mass is 32.2. The molecule has 1 heterocycles. The van der Waals surface area contributed by atoms with Crippen LogP contribution in [-0.2, 0) is 7.05 Å². The number of nitro groups is 1. The van der Waals surface area contributed by atoms with Crippen molar-refractivity contribution in [1.82, 2.24) is 9.78 Å². The van der Waals surface area contributed by atoms with Crippen molar-refractivity contribution in [3.8, 4) is 5.75 Å². The Morgan fingerprint density at radius 2 is 1.95 bits per heavy atom. The molecule has 106 valence electrons. The van der Waals surface area contributed by atoms with E-state index in [2.05, 4.69) is 5.10 Å². The summed E-state index contributed by atoms with van der Waals surface area (Å²) in [5, 5.41) is 25.3. The van der Waals surface area contributed by atoms with Crippen molar-refractivity contribution in [2.75, 3.05) is 0 Å². The molecule has 0 saturated carbocycles. The Morgan fingerprint density at radius 1 is 1.35 bits per heavy atom. The molecular formula is C13H15N3O3S. The molecule has 1 aromatic carbocycles. The highest BCUT2D eigenvalue weighted by Gasteiger charge is 2.28. The van der Waals surface area contributed by atoms with Gasteiger partial charge in [-0.05, 0) is 24.3 Å². The molecule has 0 aliphatic heterocycles. The number of rotatable bonds is 4. The molecule has 20 heavy (non-hydrogen) atoms. The van der Waals surface area contributed by atoms with Crippen LogP contribution in [0.1, 0.15) is 25.5 Å². The van der Waals surface area contributed by atoms with Crippen LogP contribution in [0.15, 0.2) is 34.2 Å². The largest absolute Gasteiger partial charge is 0.508 e. The normalized spacial score (nSPS) is 11.0. The minimum absolute atomic E-state index is 0.0178. The smallest absolute Gasteiger partial charge is 0.324 e. The number of aryl methyl sites for hydroxylation is 1. The first kappa shape index (κ1) is 14.4. The molecular weight excluding hydrogens is 278 g/mol. The number of aromatic nitrogens is 2. The number of nitrogens with zero attached hydrogens (tertiary/aromatic N) is 3. The molecule has 0 aliphatic rings. The quantitative estimate of drug-likeness (QED) is 0.691. The van der Waals surface area contributed by atoms with Gasteiger partial charge in [-0.15, -0.1) is 0 Å². The first-order chi connectivity index (χ1) is 9.40. The van der Waals surface area contributed by atoms with Crippen molar-refractivity contribution in [3.05, 3.63) is 40.1 Å². The standard InChI is InChI=1S/C13H15N3O3S/c1-8(2)11-12(16(18)19)13(15(3)14-11)20-10-6-4-9(17)5-7-10/h4-8,17H,1-3H3. The van der Waals surface area contributed by atoms with E-state index in [1.807, 2.05) is 13.8 Å². The third-order valence-corrected chi connectivity index (χ3v) is 3.94. The number of phenols is 1. The van der Waals surface area contributed by atoms with E-state index in [0.29, 0.717) is 10.7 Å². The molecule has 2 rings (SSSR count). The van der Waals surface area contributed by atoms with Gasteiger partial charge in [0.05, 0.1) is 4.92 Å². The number of hydrogen-bond donors (Lipinski definition) is 1. The third-order valence-electron chi connectivity index (χ3n) is 2.78. The van der Waals surface area contributed by atoms with E-state index in [4.69, 9.17) is 0 Å². The number of aromatic hydroxyl groups is 1. The molecule has 2 aromatic rings. The number of phenolic OH excluding ortho intramolecular Hbond substituents is 1. The minimum Gasteiger partial charge on any atom is -0.508 e. The van der Waals surface area contributed by atoms with Gasteiger partial charge in [0.15, 0.2) is 5.03 Å². The van der Waals surface area contributed by atoms with Crippen LogP contribution in [0.25, 0.3) is 0 Å². The number of hydrogen-bond acceptors (Lipinski definition) is 5. The molecule has 0 spiro atoms. The lowest BCUT2D eigenvalue weighted by Crippen LogP contribution is -1.95. The summed E-state index contributed by atoms with van der Waals surface area (Å²) in [7, 11) is 1.70. The van der Waals surface area contributed by atoms with Gasteiger partial charge in [-0.2, -0.15) is 5.10 Å². The van der Waals surface area contributed by atoms with Gasteiger partial charge in [-0.3, -0.25) is 14.8 Å². The maximum absolute atomic E-state index is 11.3. The van der Waals surface area contributed by atoms with Gasteiger partial charge in [0.1, 0.15) is 11.4 Å². The Hall–Kier alpha value is -2.02. The first-order valence-corrected chi connectivity index (χ1v) is 6.90. The summed E-state index contributed by atoms with van der Waals surface area (Å²) in [6.45, 7) is 3.76. The van der Waals surface area contributed by atoms with Crippen LogP contribution in [0.4, 0.5) is 5.69 Å². The average Bonchev–Trinajstić information content (AvgIpc) is 2.70. The van der Waals surface area contributed by atoms with Crippen molar-refractivity contribution < 1.29 is 10.0 Å². The Bertz CT molecular complexity index is 635. The lowest BCUT2D eigenvalue weighted by molar-refractivity contribution is -0.388. The molecule has 0 unspecified atom stereocenters. The predicted molar refractivity (Wildman–Crippen MR) is 76.2 cm³/mol. The van der Waals surface area contributed by atoms with Gasteiger partial charge in [0.2, 0.25) is 0 Å². The highest BCUT2D eigenvalue weighted by molar-refractivity contribution is 7.99. The fraction of sp³-hybridized carbons (Fsp3) is 0.308. The Morgan fingerprint density at radius 3 is 2.45 bits per heavy atom. The molecule has 0 atom stereocenters. The zero-order valence-electron chi connectivity index (χ0n) is 11.4. The molecule has 0 radical (unpaired) electrons. The van der Waals surface area contributed by atoms with Crippen LogP contribution in [0, 0.1) is 10.1 Å². The van der Waals surface area contributed by atoms with E-state index in [1.54, 1.807) is 31.3 Å². The summed E-state index contributed by atoms with van der Waals surface area (Å²) < 4.78 is 1.53. The van der Waals surface area contributed by atoms with Crippen molar-refractivity contribution >= 4 is 17.4 Å². The summed E-state index contributed by atoms with van der Waals surface area (Å²) >= 11 is 1.26. The third kappa shape index (κ3) is 2.77. The van der Waals surface area contributed by atoms with Gasteiger partial charge in [0, 0.05) is 17.9 Å². The van der Waals surface area contributed by atoms with E-state index in [9.17, 15) is 15.2 Å². The molecule has 6 nitrogen and oxygen atoms in total. The van der Waals surface area contributed by atoms with E-state index in [1.165, 1.54) is 16.4 Å². The van der Waals surface area contributed by atoms with E-state index >= 15 is 0 Å². The fourth-order valence-corrected chi connectivity index (χ4v) is 2.76. The SMILES string of the molecule is CC(C)c1nn(C)c(Sc2ccc(O)cc2)c1[N+](=O)[O-]. The molecule has 0 aliphatic carbocycles. The van der Waals surface area contributed by atoms with Gasteiger partial charge < -0.3 is 5.11 Å². The van der Waals surface area contributed by atoms with Crippen molar-refractivity contribution in [2.24, 2.45) is 7.05 Å². The van der Waals surface area contributed by atoms with Crippen LogP contribution < -0.4 is 0 Å². The summed E-state index contributed by atoms with van der Waals surface area (Å²) in [5.74, 6) is 0.146. The maximum Gasteiger partial charge on any atom is 0.324 e. The second kappa shape index (κ2) is 5.54. The highest BCUT2D eigenvalue weighted by Crippen LogP contribution is 2.39. The molecule has 0 amide bonds. The molecule has 1 aromatic heterocycles. The van der Waals surface area contributed by atoms with Gasteiger partial charge in [0.25, 0.3) is 0 Å². The summed E-state index contributed by atoms with van der Waals surface area (Å²) in [6, 6.07) is 6.53. The Kier molecular flexibility index (Phi) is 3.99.